The number of ether oxygens (including phenoxy) is 1. The maximum absolute atomic E-state index is 12.3. The van der Waals surface area contributed by atoms with Crippen LogP contribution in [0.5, 0.6) is 5.75 Å². The second-order valence-electron chi connectivity index (χ2n) is 6.94. The zero-order chi connectivity index (χ0) is 19.3. The van der Waals surface area contributed by atoms with E-state index in [0.717, 1.165) is 30.8 Å². The van der Waals surface area contributed by atoms with Crippen LogP contribution in [0, 0.1) is 0 Å². The minimum Gasteiger partial charge on any atom is -0.494 e. The summed E-state index contributed by atoms with van der Waals surface area (Å²) in [4.78, 5) is 19.9. The fourth-order valence-electron chi connectivity index (χ4n) is 3.23. The molecular formula is C21H23N3O3S. The van der Waals surface area contributed by atoms with Crippen molar-refractivity contribution in [2.75, 3.05) is 13.2 Å². The number of carbonyl (C=O) groups excluding carboxylic acids is 1. The predicted molar refractivity (Wildman–Crippen MR) is 107 cm³/mol. The zero-order valence-electron chi connectivity index (χ0n) is 15.8. The van der Waals surface area contributed by atoms with Crippen LogP contribution in [0.4, 0.5) is 0 Å². The summed E-state index contributed by atoms with van der Waals surface area (Å²) in [5.74, 6) is 1.99. The number of likely N-dealkylation sites (tertiary alicyclic amines) is 1. The largest absolute Gasteiger partial charge is 0.494 e. The van der Waals surface area contributed by atoms with Crippen molar-refractivity contribution in [1.29, 1.82) is 0 Å². The second-order valence-corrected chi connectivity index (χ2v) is 7.97. The minimum absolute atomic E-state index is 0.0506. The summed E-state index contributed by atoms with van der Waals surface area (Å²) in [6, 6.07) is 11.7. The Hall–Kier alpha value is -2.67. The fourth-order valence-corrected chi connectivity index (χ4v) is 3.95. The molecule has 146 valence electrons. The van der Waals surface area contributed by atoms with E-state index in [2.05, 4.69) is 17.1 Å². The van der Waals surface area contributed by atoms with Gasteiger partial charge in [0.1, 0.15) is 5.75 Å². The number of unbranched alkanes of at least 4 members (excludes halogenated alkanes) is 1. The van der Waals surface area contributed by atoms with E-state index in [1.165, 1.54) is 4.88 Å². The van der Waals surface area contributed by atoms with Crippen LogP contribution in [-0.2, 0) is 11.3 Å². The quantitative estimate of drug-likeness (QED) is 0.524. The summed E-state index contributed by atoms with van der Waals surface area (Å²) in [6.45, 7) is 4.12. The molecule has 6 nitrogen and oxygen atoms in total. The molecular weight excluding hydrogens is 374 g/mol. The number of thiophene rings is 1. The Bertz CT molecular complexity index is 905. The highest BCUT2D eigenvalue weighted by Gasteiger charge is 2.34. The first-order chi connectivity index (χ1) is 13.7. The summed E-state index contributed by atoms with van der Waals surface area (Å²) in [5.41, 5.74) is 0.873. The molecule has 0 saturated carbocycles. The zero-order valence-corrected chi connectivity index (χ0v) is 16.7. The summed E-state index contributed by atoms with van der Waals surface area (Å²) in [7, 11) is 0. The summed E-state index contributed by atoms with van der Waals surface area (Å²) in [6.07, 6.45) is 2.56. The maximum Gasteiger partial charge on any atom is 0.232 e. The Labute approximate surface area is 168 Å². The van der Waals surface area contributed by atoms with Crippen LogP contribution in [0.3, 0.4) is 0 Å². The van der Waals surface area contributed by atoms with Crippen molar-refractivity contribution < 1.29 is 14.1 Å². The van der Waals surface area contributed by atoms with E-state index in [1.807, 2.05) is 46.7 Å². The third kappa shape index (κ3) is 4.25. The molecule has 1 amide bonds. The fraction of sp³-hybridized carbons (Fsp3) is 0.381. The first-order valence-corrected chi connectivity index (χ1v) is 10.5. The Morgan fingerprint density at radius 2 is 2.14 bits per heavy atom. The van der Waals surface area contributed by atoms with Crippen molar-refractivity contribution >= 4 is 17.2 Å². The van der Waals surface area contributed by atoms with E-state index >= 15 is 0 Å². The molecule has 0 spiro atoms. The lowest BCUT2D eigenvalue weighted by Crippen LogP contribution is -2.23. The molecule has 1 unspecified atom stereocenters. The van der Waals surface area contributed by atoms with E-state index in [9.17, 15) is 4.79 Å². The van der Waals surface area contributed by atoms with Gasteiger partial charge in [0.15, 0.2) is 0 Å². The molecule has 0 bridgehead atoms. The summed E-state index contributed by atoms with van der Waals surface area (Å²) >= 11 is 1.66. The van der Waals surface area contributed by atoms with Gasteiger partial charge in [0.25, 0.3) is 0 Å². The first-order valence-electron chi connectivity index (χ1n) is 9.60. The van der Waals surface area contributed by atoms with Gasteiger partial charge in [-0.05, 0) is 42.1 Å². The van der Waals surface area contributed by atoms with E-state index in [-0.39, 0.29) is 11.8 Å². The number of benzene rings is 1. The van der Waals surface area contributed by atoms with Gasteiger partial charge in [-0.25, -0.2) is 0 Å². The Morgan fingerprint density at radius 1 is 1.29 bits per heavy atom. The van der Waals surface area contributed by atoms with Gasteiger partial charge in [0.05, 0.1) is 19.1 Å². The van der Waals surface area contributed by atoms with Crippen molar-refractivity contribution in [2.24, 2.45) is 0 Å². The first kappa shape index (κ1) is 18.7. The summed E-state index contributed by atoms with van der Waals surface area (Å²) < 4.78 is 11.2. The van der Waals surface area contributed by atoms with E-state index in [1.54, 1.807) is 11.3 Å². The highest BCUT2D eigenvalue weighted by atomic mass is 32.1. The van der Waals surface area contributed by atoms with Crippen molar-refractivity contribution in [3.63, 3.8) is 0 Å². The van der Waals surface area contributed by atoms with Gasteiger partial charge in [-0.2, -0.15) is 4.98 Å². The summed E-state index contributed by atoms with van der Waals surface area (Å²) in [5, 5.41) is 6.13. The molecule has 1 fully saturated rings. The van der Waals surface area contributed by atoms with Gasteiger partial charge in [-0.1, -0.05) is 24.6 Å². The number of nitrogens with zero attached hydrogens (tertiary/aromatic N) is 3. The van der Waals surface area contributed by atoms with Crippen molar-refractivity contribution in [1.82, 2.24) is 15.0 Å². The molecule has 1 saturated heterocycles. The lowest BCUT2D eigenvalue weighted by atomic mass is 10.1. The van der Waals surface area contributed by atoms with Gasteiger partial charge >= 0.3 is 0 Å². The van der Waals surface area contributed by atoms with Gasteiger partial charge in [0.2, 0.25) is 17.6 Å². The molecule has 0 N–H and O–H groups in total. The minimum atomic E-state index is -0.0506. The van der Waals surface area contributed by atoms with Crippen LogP contribution in [0.15, 0.2) is 46.3 Å². The van der Waals surface area contributed by atoms with Crippen LogP contribution in [0.25, 0.3) is 11.4 Å². The topological polar surface area (TPSA) is 68.5 Å². The molecule has 2 aromatic heterocycles. The van der Waals surface area contributed by atoms with Crippen LogP contribution in [-0.4, -0.2) is 34.1 Å². The number of rotatable bonds is 8. The normalized spacial score (nSPS) is 16.7. The SMILES string of the molecule is CCCCOc1ccc(-c2noc(C3CC(=O)N(Cc4cccs4)C3)n2)cc1. The lowest BCUT2D eigenvalue weighted by Gasteiger charge is -2.14. The third-order valence-corrected chi connectivity index (χ3v) is 5.67. The van der Waals surface area contributed by atoms with E-state index in [0.29, 0.717) is 31.2 Å². The maximum atomic E-state index is 12.3. The molecule has 0 radical (unpaired) electrons. The average Bonchev–Trinajstić information content (AvgIpc) is 3.45. The van der Waals surface area contributed by atoms with E-state index in [4.69, 9.17) is 9.26 Å². The molecule has 4 rings (SSSR count). The molecule has 28 heavy (non-hydrogen) atoms. The van der Waals surface area contributed by atoms with Crippen LogP contribution >= 0.6 is 11.3 Å². The molecule has 1 aliphatic rings. The smallest absolute Gasteiger partial charge is 0.232 e. The highest BCUT2D eigenvalue weighted by Crippen LogP contribution is 2.30. The number of aromatic nitrogens is 2. The predicted octanol–water partition coefficient (Wildman–Crippen LogP) is 4.49. The molecule has 3 aromatic rings. The van der Waals surface area contributed by atoms with Crippen molar-refractivity contribution in [3.05, 3.63) is 52.5 Å². The molecule has 1 aliphatic heterocycles. The molecule has 3 heterocycles. The number of hydrogen-bond acceptors (Lipinski definition) is 6. The Kier molecular flexibility index (Phi) is 5.71. The molecule has 7 heteroatoms. The Morgan fingerprint density at radius 3 is 2.89 bits per heavy atom. The second kappa shape index (κ2) is 8.56. The van der Waals surface area contributed by atoms with Crippen molar-refractivity contribution in [2.45, 2.75) is 38.6 Å². The van der Waals surface area contributed by atoms with Gasteiger partial charge in [0, 0.05) is 23.4 Å². The molecule has 1 atom stereocenters. The van der Waals surface area contributed by atoms with Gasteiger partial charge in [-0.3, -0.25) is 4.79 Å². The van der Waals surface area contributed by atoms with Crippen LogP contribution in [0.2, 0.25) is 0 Å². The number of hydrogen-bond donors (Lipinski definition) is 0. The molecule has 0 aliphatic carbocycles. The van der Waals surface area contributed by atoms with Gasteiger partial charge < -0.3 is 14.2 Å². The molecule has 1 aromatic carbocycles. The lowest BCUT2D eigenvalue weighted by molar-refractivity contribution is -0.128. The Balaban J connectivity index is 1.39. The number of carbonyl (C=O) groups is 1. The monoisotopic (exact) mass is 397 g/mol. The highest BCUT2D eigenvalue weighted by molar-refractivity contribution is 7.09. The number of amides is 1. The van der Waals surface area contributed by atoms with Crippen LogP contribution in [0.1, 0.15) is 42.9 Å². The third-order valence-electron chi connectivity index (χ3n) is 4.81. The van der Waals surface area contributed by atoms with E-state index < -0.39 is 0 Å². The van der Waals surface area contributed by atoms with Gasteiger partial charge in [-0.15, -0.1) is 11.3 Å². The standard InChI is InChI=1S/C21H23N3O3S/c1-2-3-10-26-17-8-6-15(7-9-17)20-22-21(27-23-20)16-12-19(25)24(13-16)14-18-5-4-11-28-18/h4-9,11,16H,2-3,10,12-14H2,1H3. The average molecular weight is 398 g/mol. The van der Waals surface area contributed by atoms with Crippen molar-refractivity contribution in [3.8, 4) is 17.1 Å². The van der Waals surface area contributed by atoms with Crippen LogP contribution < -0.4 is 4.74 Å².